The molecule has 1 aromatic rings. The first-order valence-electron chi connectivity index (χ1n) is 5.01. The van der Waals surface area contributed by atoms with Gasteiger partial charge in [-0.15, -0.1) is 0 Å². The van der Waals surface area contributed by atoms with Gasteiger partial charge in [-0.25, -0.2) is 4.79 Å². The Bertz CT molecular complexity index is 454. The fourth-order valence-corrected chi connectivity index (χ4v) is 1.68. The topological polar surface area (TPSA) is 58.6 Å². The summed E-state index contributed by atoms with van der Waals surface area (Å²) in [4.78, 5) is 11.2. The number of phenolic OH excluding ortho intramolecular Hbond substituents is 1. The predicted molar refractivity (Wildman–Crippen MR) is 59.7 cm³/mol. The van der Waals surface area contributed by atoms with Crippen molar-refractivity contribution >= 4 is 12.0 Å². The number of benzene rings is 1. The van der Waals surface area contributed by atoms with Crippen molar-refractivity contribution in [2.75, 3.05) is 6.73 Å². The van der Waals surface area contributed by atoms with Crippen LogP contribution in [0.1, 0.15) is 16.7 Å². The predicted octanol–water partition coefficient (Wildman–Crippen LogP) is 1.45. The van der Waals surface area contributed by atoms with Crippen LogP contribution in [-0.4, -0.2) is 17.8 Å². The molecule has 0 unspecified atom stereocenters. The number of carbonyl (C=O) groups excluding carboxylic acids is 1. The molecule has 0 saturated carbocycles. The highest BCUT2D eigenvalue weighted by Crippen LogP contribution is 2.24. The number of carbonyl (C=O) groups is 1. The molecule has 2 N–H and O–H groups in total. The molecular formula is C12H13NO3. The van der Waals surface area contributed by atoms with E-state index < -0.39 is 0 Å². The van der Waals surface area contributed by atoms with Crippen molar-refractivity contribution in [1.29, 1.82) is 0 Å². The molecule has 4 nitrogen and oxygen atoms in total. The molecule has 1 saturated heterocycles. The van der Waals surface area contributed by atoms with Crippen LogP contribution in [0.4, 0.5) is 0 Å². The molecule has 0 atom stereocenters. The van der Waals surface area contributed by atoms with Gasteiger partial charge in [-0.2, -0.15) is 0 Å². The molecule has 4 heteroatoms. The van der Waals surface area contributed by atoms with E-state index in [9.17, 15) is 9.90 Å². The number of aromatic hydroxyl groups is 1. The number of rotatable bonds is 1. The molecule has 0 amide bonds. The third-order valence-electron chi connectivity index (χ3n) is 2.51. The lowest BCUT2D eigenvalue weighted by Gasteiger charge is -2.05. The van der Waals surface area contributed by atoms with Gasteiger partial charge in [0.1, 0.15) is 11.4 Å². The van der Waals surface area contributed by atoms with Gasteiger partial charge in [-0.05, 0) is 48.7 Å². The van der Waals surface area contributed by atoms with E-state index in [1.165, 1.54) is 0 Å². The van der Waals surface area contributed by atoms with Gasteiger partial charge >= 0.3 is 5.97 Å². The molecule has 0 aliphatic carbocycles. The standard InChI is InChI=1S/C12H13NO3/c1-7-3-9(4-8(2)11(7)14)5-10-12(15)16-6-13-10/h3-5,13-14H,6H2,1-2H3. The minimum Gasteiger partial charge on any atom is -0.507 e. The first kappa shape index (κ1) is 10.5. The average Bonchev–Trinajstić information content (AvgIpc) is 2.61. The summed E-state index contributed by atoms with van der Waals surface area (Å²) in [6.45, 7) is 3.87. The van der Waals surface area contributed by atoms with Crippen molar-refractivity contribution in [2.24, 2.45) is 0 Å². The lowest BCUT2D eigenvalue weighted by molar-refractivity contribution is -0.135. The number of aryl methyl sites for hydroxylation is 2. The summed E-state index contributed by atoms with van der Waals surface area (Å²) in [6.07, 6.45) is 1.72. The van der Waals surface area contributed by atoms with Crippen LogP contribution in [0.5, 0.6) is 5.75 Å². The van der Waals surface area contributed by atoms with Gasteiger partial charge in [-0.1, -0.05) is 0 Å². The third kappa shape index (κ3) is 1.86. The van der Waals surface area contributed by atoms with Crippen LogP contribution in [0.15, 0.2) is 17.8 Å². The fourth-order valence-electron chi connectivity index (χ4n) is 1.68. The molecule has 1 aromatic carbocycles. The zero-order valence-corrected chi connectivity index (χ0v) is 9.20. The van der Waals surface area contributed by atoms with Crippen molar-refractivity contribution in [3.05, 3.63) is 34.5 Å². The van der Waals surface area contributed by atoms with Crippen LogP contribution < -0.4 is 5.32 Å². The second kappa shape index (κ2) is 3.89. The van der Waals surface area contributed by atoms with Crippen LogP contribution in [-0.2, 0) is 9.53 Å². The van der Waals surface area contributed by atoms with Gasteiger partial charge in [-0.3, -0.25) is 0 Å². The monoisotopic (exact) mass is 219 g/mol. The minimum absolute atomic E-state index is 0.223. The maximum absolute atomic E-state index is 11.2. The van der Waals surface area contributed by atoms with Gasteiger partial charge in [0.05, 0.1) is 0 Å². The van der Waals surface area contributed by atoms with E-state index in [4.69, 9.17) is 4.74 Å². The lowest BCUT2D eigenvalue weighted by atomic mass is 10.0. The maximum Gasteiger partial charge on any atom is 0.356 e. The molecule has 0 aromatic heterocycles. The largest absolute Gasteiger partial charge is 0.507 e. The van der Waals surface area contributed by atoms with E-state index in [0.717, 1.165) is 16.7 Å². The highest BCUT2D eigenvalue weighted by Gasteiger charge is 2.17. The Morgan fingerprint density at radius 2 is 2.00 bits per heavy atom. The number of hydrogen-bond acceptors (Lipinski definition) is 4. The van der Waals surface area contributed by atoms with E-state index in [2.05, 4.69) is 5.32 Å². The van der Waals surface area contributed by atoms with Gasteiger partial charge in [0.25, 0.3) is 0 Å². The summed E-state index contributed by atoms with van der Waals surface area (Å²) in [7, 11) is 0. The number of cyclic esters (lactones) is 1. The van der Waals surface area contributed by atoms with Crippen molar-refractivity contribution in [2.45, 2.75) is 13.8 Å². The second-order valence-electron chi connectivity index (χ2n) is 3.81. The Morgan fingerprint density at radius 1 is 1.38 bits per heavy atom. The summed E-state index contributed by atoms with van der Waals surface area (Å²) in [5, 5.41) is 12.5. The summed E-state index contributed by atoms with van der Waals surface area (Å²) >= 11 is 0. The number of phenols is 1. The molecule has 0 bridgehead atoms. The van der Waals surface area contributed by atoms with E-state index in [-0.39, 0.29) is 12.7 Å². The Kier molecular flexibility index (Phi) is 2.56. The van der Waals surface area contributed by atoms with Gasteiger partial charge < -0.3 is 15.2 Å². The molecule has 2 rings (SSSR count). The van der Waals surface area contributed by atoms with E-state index >= 15 is 0 Å². The first-order valence-corrected chi connectivity index (χ1v) is 5.01. The minimum atomic E-state index is -0.344. The van der Waals surface area contributed by atoms with Crippen molar-refractivity contribution < 1.29 is 14.6 Å². The Hall–Kier alpha value is -1.97. The Labute approximate surface area is 93.5 Å². The number of nitrogens with one attached hydrogen (secondary N) is 1. The van der Waals surface area contributed by atoms with Crippen molar-refractivity contribution in [3.8, 4) is 5.75 Å². The van der Waals surface area contributed by atoms with Gasteiger partial charge in [0, 0.05) is 0 Å². The number of hydrogen-bond donors (Lipinski definition) is 2. The van der Waals surface area contributed by atoms with E-state index in [1.54, 1.807) is 6.08 Å². The molecule has 84 valence electrons. The fraction of sp³-hybridized carbons (Fsp3) is 0.250. The second-order valence-corrected chi connectivity index (χ2v) is 3.81. The smallest absolute Gasteiger partial charge is 0.356 e. The average molecular weight is 219 g/mol. The van der Waals surface area contributed by atoms with Crippen molar-refractivity contribution in [1.82, 2.24) is 5.32 Å². The molecule has 16 heavy (non-hydrogen) atoms. The molecule has 0 spiro atoms. The lowest BCUT2D eigenvalue weighted by Crippen LogP contribution is -2.06. The summed E-state index contributed by atoms with van der Waals surface area (Å²) in [5.41, 5.74) is 2.90. The van der Waals surface area contributed by atoms with E-state index in [1.807, 2.05) is 26.0 Å². The van der Waals surface area contributed by atoms with Crippen LogP contribution in [0.25, 0.3) is 6.08 Å². The Morgan fingerprint density at radius 3 is 2.50 bits per heavy atom. The van der Waals surface area contributed by atoms with Crippen LogP contribution in [0, 0.1) is 13.8 Å². The molecule has 1 heterocycles. The maximum atomic E-state index is 11.2. The highest BCUT2D eigenvalue weighted by atomic mass is 16.6. The van der Waals surface area contributed by atoms with Crippen LogP contribution in [0.3, 0.4) is 0 Å². The third-order valence-corrected chi connectivity index (χ3v) is 2.51. The van der Waals surface area contributed by atoms with Crippen molar-refractivity contribution in [3.63, 3.8) is 0 Å². The molecular weight excluding hydrogens is 206 g/mol. The zero-order chi connectivity index (χ0) is 11.7. The normalized spacial score (nSPS) is 17.4. The number of esters is 1. The molecule has 1 aliphatic heterocycles. The zero-order valence-electron chi connectivity index (χ0n) is 9.20. The van der Waals surface area contributed by atoms with Crippen LogP contribution >= 0.6 is 0 Å². The van der Waals surface area contributed by atoms with Gasteiger partial charge in [0.15, 0.2) is 6.73 Å². The van der Waals surface area contributed by atoms with Crippen LogP contribution in [0.2, 0.25) is 0 Å². The quantitative estimate of drug-likeness (QED) is 0.554. The molecule has 0 radical (unpaired) electrons. The Balaban J connectivity index is 2.38. The molecule has 1 fully saturated rings. The highest BCUT2D eigenvalue weighted by molar-refractivity contribution is 5.94. The summed E-state index contributed by atoms with van der Waals surface area (Å²) < 4.78 is 4.75. The number of ether oxygens (including phenoxy) is 1. The SMILES string of the molecule is Cc1cc(C=C2NCOC2=O)cc(C)c1O. The van der Waals surface area contributed by atoms with E-state index in [0.29, 0.717) is 11.4 Å². The first-order chi connectivity index (χ1) is 7.58. The molecule has 1 aliphatic rings. The summed E-state index contributed by atoms with van der Waals surface area (Å²) in [5.74, 6) is -0.0486. The van der Waals surface area contributed by atoms with Gasteiger partial charge in [0.2, 0.25) is 0 Å². The summed E-state index contributed by atoms with van der Waals surface area (Å²) in [6, 6.07) is 3.64.